The standard InChI is InChI=1S/C20H17NOS2/c22-20(13-23-12-17-5-3-9-24-17)21-16-8-7-15-10-14-4-1-2-6-18(14)19(15)11-16/h1-9,11H,10,12-13H2,(H,21,22). The van der Waals surface area contributed by atoms with E-state index < -0.39 is 0 Å². The average Bonchev–Trinajstić information content (AvgIpc) is 3.22. The molecule has 0 saturated carbocycles. The molecule has 1 aliphatic carbocycles. The second-order valence-electron chi connectivity index (χ2n) is 5.83. The second kappa shape index (κ2) is 6.83. The van der Waals surface area contributed by atoms with Crippen LogP contribution in [-0.4, -0.2) is 11.7 Å². The van der Waals surface area contributed by atoms with E-state index in [0.29, 0.717) is 5.75 Å². The minimum absolute atomic E-state index is 0.0581. The van der Waals surface area contributed by atoms with Gasteiger partial charge in [0.15, 0.2) is 0 Å². The van der Waals surface area contributed by atoms with Gasteiger partial charge in [-0.1, -0.05) is 36.4 Å². The quantitative estimate of drug-likeness (QED) is 0.536. The zero-order valence-corrected chi connectivity index (χ0v) is 14.8. The maximum absolute atomic E-state index is 12.2. The average molecular weight is 351 g/mol. The van der Waals surface area contributed by atoms with Crippen molar-refractivity contribution in [3.8, 4) is 11.1 Å². The molecule has 0 unspecified atom stereocenters. The molecule has 0 atom stereocenters. The first kappa shape index (κ1) is 15.5. The molecule has 24 heavy (non-hydrogen) atoms. The van der Waals surface area contributed by atoms with Crippen molar-refractivity contribution >= 4 is 34.7 Å². The summed E-state index contributed by atoms with van der Waals surface area (Å²) in [5.74, 6) is 1.43. The van der Waals surface area contributed by atoms with Crippen molar-refractivity contribution in [1.29, 1.82) is 0 Å². The van der Waals surface area contributed by atoms with Crippen molar-refractivity contribution in [3.63, 3.8) is 0 Å². The van der Waals surface area contributed by atoms with E-state index in [1.807, 2.05) is 12.1 Å². The third kappa shape index (κ3) is 3.25. The molecule has 4 heteroatoms. The summed E-state index contributed by atoms with van der Waals surface area (Å²) in [6.07, 6.45) is 0.983. The molecule has 0 saturated heterocycles. The van der Waals surface area contributed by atoms with E-state index >= 15 is 0 Å². The fourth-order valence-corrected chi connectivity index (χ4v) is 4.71. The van der Waals surface area contributed by atoms with Crippen LogP contribution in [0.5, 0.6) is 0 Å². The Morgan fingerprint density at radius 1 is 1.04 bits per heavy atom. The van der Waals surface area contributed by atoms with Gasteiger partial charge in [-0.15, -0.1) is 23.1 Å². The maximum atomic E-state index is 12.2. The number of rotatable bonds is 5. The Morgan fingerprint density at radius 3 is 2.79 bits per heavy atom. The highest BCUT2D eigenvalue weighted by Gasteiger charge is 2.18. The van der Waals surface area contributed by atoms with Gasteiger partial charge < -0.3 is 5.32 Å². The molecule has 0 spiro atoms. The molecule has 2 nitrogen and oxygen atoms in total. The van der Waals surface area contributed by atoms with Crippen LogP contribution in [0.25, 0.3) is 11.1 Å². The van der Waals surface area contributed by atoms with E-state index in [-0.39, 0.29) is 5.91 Å². The molecule has 1 N–H and O–H groups in total. The largest absolute Gasteiger partial charge is 0.325 e. The summed E-state index contributed by atoms with van der Waals surface area (Å²) in [5.41, 5.74) is 6.11. The third-order valence-electron chi connectivity index (χ3n) is 4.14. The monoisotopic (exact) mass is 351 g/mol. The zero-order chi connectivity index (χ0) is 16.4. The van der Waals surface area contributed by atoms with Crippen molar-refractivity contribution in [2.24, 2.45) is 0 Å². The van der Waals surface area contributed by atoms with E-state index in [1.165, 1.54) is 27.1 Å². The predicted molar refractivity (Wildman–Crippen MR) is 104 cm³/mol. The lowest BCUT2D eigenvalue weighted by atomic mass is 10.1. The fourth-order valence-electron chi connectivity index (χ4n) is 3.04. The Morgan fingerprint density at radius 2 is 1.92 bits per heavy atom. The SMILES string of the molecule is O=C(CSCc1cccs1)Nc1ccc2c(c1)-c1ccccc1C2. The lowest BCUT2D eigenvalue weighted by Crippen LogP contribution is -2.14. The molecule has 1 amide bonds. The first-order valence-corrected chi connectivity index (χ1v) is 9.94. The molecule has 0 bridgehead atoms. The van der Waals surface area contributed by atoms with Gasteiger partial charge >= 0.3 is 0 Å². The van der Waals surface area contributed by atoms with Gasteiger partial charge in [0, 0.05) is 16.3 Å². The molecule has 1 heterocycles. The van der Waals surface area contributed by atoms with E-state index in [2.05, 4.69) is 53.2 Å². The topological polar surface area (TPSA) is 29.1 Å². The predicted octanol–water partition coefficient (Wildman–Crippen LogP) is 5.19. The number of carbonyl (C=O) groups excluding carboxylic acids is 1. The maximum Gasteiger partial charge on any atom is 0.234 e. The Bertz CT molecular complexity index is 871. The van der Waals surface area contributed by atoms with E-state index in [9.17, 15) is 4.79 Å². The number of nitrogens with one attached hydrogen (secondary N) is 1. The van der Waals surface area contributed by atoms with Gasteiger partial charge in [-0.2, -0.15) is 0 Å². The van der Waals surface area contributed by atoms with Gasteiger partial charge in [-0.25, -0.2) is 0 Å². The summed E-state index contributed by atoms with van der Waals surface area (Å²) >= 11 is 3.38. The molecule has 0 radical (unpaired) electrons. The van der Waals surface area contributed by atoms with E-state index in [1.54, 1.807) is 23.1 Å². The molecular weight excluding hydrogens is 334 g/mol. The highest BCUT2D eigenvalue weighted by Crippen LogP contribution is 2.37. The van der Waals surface area contributed by atoms with E-state index in [0.717, 1.165) is 17.9 Å². The molecule has 120 valence electrons. The van der Waals surface area contributed by atoms with Crippen LogP contribution in [0.4, 0.5) is 5.69 Å². The van der Waals surface area contributed by atoms with Crippen LogP contribution in [0.1, 0.15) is 16.0 Å². The second-order valence-corrected chi connectivity index (χ2v) is 7.84. The molecule has 1 aromatic heterocycles. The van der Waals surface area contributed by atoms with Gasteiger partial charge in [0.1, 0.15) is 0 Å². The number of fused-ring (bicyclic) bond motifs is 3. The summed E-state index contributed by atoms with van der Waals surface area (Å²) in [6, 6.07) is 18.9. The van der Waals surface area contributed by atoms with Crippen LogP contribution >= 0.6 is 23.1 Å². The molecule has 0 aliphatic heterocycles. The first-order chi connectivity index (χ1) is 11.8. The van der Waals surface area contributed by atoms with Crippen molar-refractivity contribution in [2.45, 2.75) is 12.2 Å². The highest BCUT2D eigenvalue weighted by molar-refractivity contribution is 7.99. The number of thiophene rings is 1. The van der Waals surface area contributed by atoms with Gasteiger partial charge in [0.25, 0.3) is 0 Å². The molecule has 0 fully saturated rings. The van der Waals surface area contributed by atoms with Gasteiger partial charge in [-0.3, -0.25) is 4.79 Å². The molecule has 2 aromatic carbocycles. The molecular formula is C20H17NOS2. The molecule has 3 aromatic rings. The zero-order valence-electron chi connectivity index (χ0n) is 13.1. The van der Waals surface area contributed by atoms with Crippen molar-refractivity contribution < 1.29 is 4.79 Å². The van der Waals surface area contributed by atoms with Crippen LogP contribution in [0, 0.1) is 0 Å². The number of thioether (sulfide) groups is 1. The summed E-state index contributed by atoms with van der Waals surface area (Å²) < 4.78 is 0. The number of amides is 1. The van der Waals surface area contributed by atoms with Gasteiger partial charge in [0.05, 0.1) is 5.75 Å². The smallest absolute Gasteiger partial charge is 0.234 e. The van der Waals surface area contributed by atoms with Crippen LogP contribution < -0.4 is 5.32 Å². The fraction of sp³-hybridized carbons (Fsp3) is 0.150. The molecule has 4 rings (SSSR count). The highest BCUT2D eigenvalue weighted by atomic mass is 32.2. The summed E-state index contributed by atoms with van der Waals surface area (Å²) in [4.78, 5) is 13.5. The minimum atomic E-state index is 0.0581. The van der Waals surface area contributed by atoms with Crippen LogP contribution in [0.3, 0.4) is 0 Å². The summed E-state index contributed by atoms with van der Waals surface area (Å²) in [5, 5.41) is 5.09. The van der Waals surface area contributed by atoms with Gasteiger partial charge in [-0.05, 0) is 52.3 Å². The van der Waals surface area contributed by atoms with Crippen molar-refractivity contribution in [1.82, 2.24) is 0 Å². The first-order valence-electron chi connectivity index (χ1n) is 7.91. The Hall–Kier alpha value is -2.04. The van der Waals surface area contributed by atoms with Crippen LogP contribution in [0.15, 0.2) is 60.0 Å². The van der Waals surface area contributed by atoms with Gasteiger partial charge in [0.2, 0.25) is 5.91 Å². The summed E-state index contributed by atoms with van der Waals surface area (Å²) in [6.45, 7) is 0. The molecule has 1 aliphatic rings. The number of benzene rings is 2. The van der Waals surface area contributed by atoms with Crippen molar-refractivity contribution in [2.75, 3.05) is 11.1 Å². The lowest BCUT2D eigenvalue weighted by Gasteiger charge is -2.08. The van der Waals surface area contributed by atoms with Crippen LogP contribution in [-0.2, 0) is 17.0 Å². The Labute approximate surface area is 149 Å². The third-order valence-corrected chi connectivity index (χ3v) is 6.18. The van der Waals surface area contributed by atoms with Crippen molar-refractivity contribution in [3.05, 3.63) is 76.0 Å². The lowest BCUT2D eigenvalue weighted by molar-refractivity contribution is -0.113. The number of anilines is 1. The Kier molecular flexibility index (Phi) is 4.41. The normalized spacial score (nSPS) is 11.8. The number of hydrogen-bond acceptors (Lipinski definition) is 3. The minimum Gasteiger partial charge on any atom is -0.325 e. The van der Waals surface area contributed by atoms with Crippen LogP contribution in [0.2, 0.25) is 0 Å². The summed E-state index contributed by atoms with van der Waals surface area (Å²) in [7, 11) is 0. The number of carbonyl (C=O) groups is 1. The van der Waals surface area contributed by atoms with E-state index in [4.69, 9.17) is 0 Å². The number of hydrogen-bond donors (Lipinski definition) is 1. The Balaban J connectivity index is 1.40.